The van der Waals surface area contributed by atoms with Crippen LogP contribution in [0.3, 0.4) is 0 Å². The molecule has 0 bridgehead atoms. The maximum absolute atomic E-state index is 5.20. The maximum atomic E-state index is 5.20. The molecule has 0 saturated heterocycles. The molecule has 0 saturated carbocycles. The molecule has 0 aliphatic carbocycles. The van der Waals surface area contributed by atoms with E-state index in [-0.39, 0.29) is 28.4 Å². The van der Waals surface area contributed by atoms with Crippen LogP contribution in [0.5, 0.6) is 0 Å². The van der Waals surface area contributed by atoms with Gasteiger partial charge in [0.25, 0.3) is 6.71 Å². The van der Waals surface area contributed by atoms with Crippen LogP contribution in [-0.2, 0) is 21.7 Å². The van der Waals surface area contributed by atoms with Crippen molar-refractivity contribution in [1.29, 1.82) is 0 Å². The molecule has 0 amide bonds. The first-order chi connectivity index (χ1) is 35.7. The van der Waals surface area contributed by atoms with Crippen LogP contribution in [0.15, 0.2) is 176 Å². The van der Waals surface area contributed by atoms with Gasteiger partial charge < -0.3 is 9.80 Å². The molecule has 368 valence electrons. The van der Waals surface area contributed by atoms with Crippen molar-refractivity contribution in [1.82, 2.24) is 9.97 Å². The summed E-state index contributed by atoms with van der Waals surface area (Å²) in [5.41, 5.74) is 18.6. The lowest BCUT2D eigenvalue weighted by atomic mass is 9.33. The molecule has 11 aromatic rings. The SMILES string of the molecule is CC(C)(C)c1cc(N2c3cc4cc5ccccc5cc4cc3B3c4cc5cc6ccccc6cc5cc4N(c4cc(C(C)(C)C)cc(C(C)(C)C)c4)c4cc(-c5ncnc6ccccc56)cc2c43)cc(C(C)(C)C)c1. The smallest absolute Gasteiger partial charge is 0.252 e. The number of nitrogens with zero attached hydrogens (tertiary/aromatic N) is 4. The summed E-state index contributed by atoms with van der Waals surface area (Å²) in [6.45, 7) is 28.1. The molecule has 4 nitrogen and oxygen atoms in total. The van der Waals surface area contributed by atoms with Gasteiger partial charge in [0.2, 0.25) is 0 Å². The van der Waals surface area contributed by atoms with E-state index in [4.69, 9.17) is 9.97 Å². The van der Waals surface area contributed by atoms with Gasteiger partial charge in [0.1, 0.15) is 6.33 Å². The van der Waals surface area contributed by atoms with Crippen LogP contribution in [0.2, 0.25) is 0 Å². The van der Waals surface area contributed by atoms with Crippen molar-refractivity contribution < 1.29 is 0 Å². The molecule has 5 heteroatoms. The van der Waals surface area contributed by atoms with Gasteiger partial charge in [0.05, 0.1) is 11.2 Å². The van der Waals surface area contributed by atoms with E-state index in [2.05, 4.69) is 263 Å². The Morgan fingerprint density at radius 2 is 0.720 bits per heavy atom. The molecule has 2 aliphatic heterocycles. The Morgan fingerprint density at radius 3 is 1.12 bits per heavy atom. The molecule has 0 N–H and O–H groups in total. The normalized spacial score (nSPS) is 13.8. The fourth-order valence-electron chi connectivity index (χ4n) is 12.0. The summed E-state index contributed by atoms with van der Waals surface area (Å²) in [6, 6.07) is 65.4. The summed E-state index contributed by atoms with van der Waals surface area (Å²) in [5, 5.41) is 10.9. The molecule has 75 heavy (non-hydrogen) atoms. The summed E-state index contributed by atoms with van der Waals surface area (Å²) in [5.74, 6) is 0. The van der Waals surface area contributed by atoms with E-state index in [0.29, 0.717) is 0 Å². The standard InChI is InChI=1S/C70H65BN4/c1-67(2,3)51-35-52(68(4,5)6)38-55(37-51)74-61-31-48-27-44-21-15-13-19-42(44)25-46(48)29-58(61)71-59-30-47-26-43-20-14-16-22-45(43)28-49(47)32-62(59)75(56-39-53(69(7,8)9)36-54(40-56)70(10,11)12)64-34-50(33-63(74)65(64)71)66-57-23-17-18-24-60(57)72-41-73-66/h13-41H,1-12H3. The van der Waals surface area contributed by atoms with Crippen LogP contribution in [0, 0.1) is 0 Å². The quantitative estimate of drug-likeness (QED) is 0.130. The largest absolute Gasteiger partial charge is 0.311 e. The molecule has 2 aliphatic rings. The van der Waals surface area contributed by atoms with Crippen LogP contribution in [0.4, 0.5) is 34.1 Å². The highest BCUT2D eigenvalue weighted by Crippen LogP contribution is 2.50. The van der Waals surface area contributed by atoms with E-state index >= 15 is 0 Å². The van der Waals surface area contributed by atoms with Gasteiger partial charge in [0.15, 0.2) is 0 Å². The molecular weight excluding hydrogens is 908 g/mol. The average molecular weight is 973 g/mol. The molecule has 0 radical (unpaired) electrons. The highest BCUT2D eigenvalue weighted by molar-refractivity contribution is 7.00. The zero-order valence-corrected chi connectivity index (χ0v) is 45.6. The molecule has 3 heterocycles. The second-order valence-corrected chi connectivity index (χ2v) is 25.7. The zero-order chi connectivity index (χ0) is 52.1. The summed E-state index contributed by atoms with van der Waals surface area (Å²) >= 11 is 0. The topological polar surface area (TPSA) is 32.3 Å². The Hall–Kier alpha value is -7.76. The van der Waals surface area contributed by atoms with E-state index in [9.17, 15) is 0 Å². The Labute approximate surface area is 443 Å². The van der Waals surface area contributed by atoms with Crippen molar-refractivity contribution in [2.45, 2.75) is 105 Å². The molecule has 13 rings (SSSR count). The molecular formula is C70H65BN4. The van der Waals surface area contributed by atoms with Crippen LogP contribution >= 0.6 is 0 Å². The Kier molecular flexibility index (Phi) is 10.3. The molecule has 0 atom stereocenters. The predicted octanol–water partition coefficient (Wildman–Crippen LogP) is 17.2. The van der Waals surface area contributed by atoms with Gasteiger partial charge in [-0.1, -0.05) is 174 Å². The average Bonchev–Trinajstić information content (AvgIpc) is 3.44. The third-order valence-electron chi connectivity index (χ3n) is 16.3. The van der Waals surface area contributed by atoms with E-state index in [1.807, 2.05) is 0 Å². The van der Waals surface area contributed by atoms with Crippen molar-refractivity contribution >= 4 is 111 Å². The molecule has 10 aromatic carbocycles. The highest BCUT2D eigenvalue weighted by atomic mass is 15.2. The van der Waals surface area contributed by atoms with Gasteiger partial charge in [-0.2, -0.15) is 0 Å². The van der Waals surface area contributed by atoms with Crippen LogP contribution < -0.4 is 26.2 Å². The fourth-order valence-corrected chi connectivity index (χ4v) is 12.0. The van der Waals surface area contributed by atoms with Crippen molar-refractivity contribution in [2.24, 2.45) is 0 Å². The lowest BCUT2D eigenvalue weighted by Crippen LogP contribution is -2.61. The minimum atomic E-state index is -0.115. The molecule has 1 aromatic heterocycles. The third kappa shape index (κ3) is 7.80. The number of hydrogen-bond acceptors (Lipinski definition) is 4. The molecule has 0 fully saturated rings. The second kappa shape index (κ2) is 16.4. The van der Waals surface area contributed by atoms with E-state index < -0.39 is 0 Å². The zero-order valence-electron chi connectivity index (χ0n) is 45.6. The van der Waals surface area contributed by atoms with Gasteiger partial charge >= 0.3 is 0 Å². The van der Waals surface area contributed by atoms with Crippen LogP contribution in [0.1, 0.15) is 105 Å². The molecule has 0 unspecified atom stereocenters. The monoisotopic (exact) mass is 973 g/mol. The minimum absolute atomic E-state index is 0.107. The number of anilines is 6. The van der Waals surface area contributed by atoms with Crippen molar-refractivity contribution in [3.8, 4) is 11.3 Å². The second-order valence-electron chi connectivity index (χ2n) is 25.7. The number of benzene rings is 10. The third-order valence-corrected chi connectivity index (χ3v) is 16.3. The summed E-state index contributed by atoms with van der Waals surface area (Å²) in [6.07, 6.45) is 1.74. The predicted molar refractivity (Wildman–Crippen MR) is 324 cm³/mol. The highest BCUT2D eigenvalue weighted by Gasteiger charge is 2.45. The van der Waals surface area contributed by atoms with E-state index in [1.54, 1.807) is 6.33 Å². The van der Waals surface area contributed by atoms with Crippen molar-refractivity contribution in [2.75, 3.05) is 9.80 Å². The number of fused-ring (bicyclic) bond motifs is 9. The van der Waals surface area contributed by atoms with E-state index in [0.717, 1.165) is 44.9 Å². The van der Waals surface area contributed by atoms with Gasteiger partial charge in [-0.15, -0.1) is 0 Å². The van der Waals surface area contributed by atoms with Crippen LogP contribution in [-0.4, -0.2) is 16.7 Å². The van der Waals surface area contributed by atoms with Gasteiger partial charge in [0, 0.05) is 45.1 Å². The van der Waals surface area contributed by atoms with Crippen LogP contribution in [0.25, 0.3) is 65.3 Å². The first kappa shape index (κ1) is 47.0. The summed E-state index contributed by atoms with van der Waals surface area (Å²) < 4.78 is 0. The maximum Gasteiger partial charge on any atom is 0.252 e. The fraction of sp³-hybridized carbons (Fsp3) is 0.229. The number of para-hydroxylation sites is 1. The van der Waals surface area contributed by atoms with Gasteiger partial charge in [-0.05, 0) is 182 Å². The van der Waals surface area contributed by atoms with E-state index in [1.165, 1.54) is 93.1 Å². The number of hydrogen-bond donors (Lipinski definition) is 0. The van der Waals surface area contributed by atoms with Crippen molar-refractivity contribution in [3.63, 3.8) is 0 Å². The Morgan fingerprint density at radius 1 is 0.347 bits per heavy atom. The summed E-state index contributed by atoms with van der Waals surface area (Å²) in [4.78, 5) is 15.3. The Balaban J connectivity index is 1.23. The number of aromatic nitrogens is 2. The lowest BCUT2D eigenvalue weighted by Gasteiger charge is -2.45. The minimum Gasteiger partial charge on any atom is -0.311 e. The molecule has 0 spiro atoms. The first-order valence-electron chi connectivity index (χ1n) is 26.9. The lowest BCUT2D eigenvalue weighted by molar-refractivity contribution is 0.568. The number of rotatable bonds is 3. The van der Waals surface area contributed by atoms with Gasteiger partial charge in [-0.25, -0.2) is 9.97 Å². The first-order valence-corrected chi connectivity index (χ1v) is 26.9. The van der Waals surface area contributed by atoms with Crippen molar-refractivity contribution in [3.05, 3.63) is 198 Å². The Bertz CT molecular complexity index is 3900. The van der Waals surface area contributed by atoms with Gasteiger partial charge in [-0.3, -0.25) is 0 Å². The summed E-state index contributed by atoms with van der Waals surface area (Å²) in [7, 11) is 0.